The van der Waals surface area contributed by atoms with Gasteiger partial charge in [0.2, 0.25) is 5.91 Å². The summed E-state index contributed by atoms with van der Waals surface area (Å²) in [5.74, 6) is -0.0326. The number of likely N-dealkylation sites (tertiary alicyclic amines) is 1. The van der Waals surface area contributed by atoms with Crippen LogP contribution in [0.5, 0.6) is 0 Å². The van der Waals surface area contributed by atoms with Gasteiger partial charge in [-0.2, -0.15) is 0 Å². The van der Waals surface area contributed by atoms with Crippen molar-refractivity contribution in [3.05, 3.63) is 35.9 Å². The van der Waals surface area contributed by atoms with Crippen molar-refractivity contribution in [2.45, 2.75) is 36.8 Å². The Morgan fingerprint density at radius 2 is 2.05 bits per heavy atom. The van der Waals surface area contributed by atoms with Gasteiger partial charge in [0.15, 0.2) is 0 Å². The molecule has 5 heteroatoms. The van der Waals surface area contributed by atoms with Gasteiger partial charge in [-0.15, -0.1) is 0 Å². The van der Waals surface area contributed by atoms with Gasteiger partial charge in [-0.3, -0.25) is 9.69 Å². The molecule has 3 rings (SSSR count). The molecule has 0 aromatic heterocycles. The van der Waals surface area contributed by atoms with Gasteiger partial charge < -0.3 is 15.5 Å². The number of carbonyl (C=O) groups is 1. The topological polar surface area (TPSA) is 72.8 Å². The van der Waals surface area contributed by atoms with Crippen molar-refractivity contribution in [1.29, 1.82) is 0 Å². The average Bonchev–Trinajstić information content (AvgIpc) is 3.24. The molecule has 22 heavy (non-hydrogen) atoms. The Labute approximate surface area is 130 Å². The predicted molar refractivity (Wildman–Crippen MR) is 83.4 cm³/mol. The number of carbonyl (C=O) groups excluding carboxylic acids is 1. The van der Waals surface area contributed by atoms with Crippen LogP contribution in [0.15, 0.2) is 30.3 Å². The molecule has 1 aliphatic carbocycles. The van der Waals surface area contributed by atoms with E-state index < -0.39 is 6.10 Å². The Balaban J connectivity index is 1.51. The van der Waals surface area contributed by atoms with E-state index in [1.54, 1.807) is 0 Å². The molecule has 2 aliphatic rings. The Morgan fingerprint density at radius 1 is 1.32 bits per heavy atom. The van der Waals surface area contributed by atoms with Gasteiger partial charge in [-0.05, 0) is 24.8 Å². The van der Waals surface area contributed by atoms with Crippen molar-refractivity contribution in [1.82, 2.24) is 10.2 Å². The smallest absolute Gasteiger partial charge is 0.234 e. The Hall–Kier alpha value is -1.43. The van der Waals surface area contributed by atoms with Crippen LogP contribution in [0.2, 0.25) is 0 Å². The number of amides is 1. The van der Waals surface area contributed by atoms with Gasteiger partial charge in [-0.25, -0.2) is 0 Å². The first-order valence-electron chi connectivity index (χ1n) is 7.98. The molecule has 3 N–H and O–H groups in total. The minimum Gasteiger partial charge on any atom is -0.395 e. The predicted octanol–water partition coefficient (Wildman–Crippen LogP) is 0.262. The van der Waals surface area contributed by atoms with Crippen LogP contribution in [0, 0.1) is 0 Å². The molecular formula is C17H24N2O3. The number of rotatable bonds is 6. The monoisotopic (exact) mass is 304 g/mol. The summed E-state index contributed by atoms with van der Waals surface area (Å²) in [6.07, 6.45) is 2.32. The highest BCUT2D eigenvalue weighted by atomic mass is 16.3. The maximum absolute atomic E-state index is 12.2. The Morgan fingerprint density at radius 3 is 2.68 bits per heavy atom. The van der Waals surface area contributed by atoms with Crippen molar-refractivity contribution >= 4 is 5.91 Å². The molecule has 0 spiro atoms. The fraction of sp³-hybridized carbons (Fsp3) is 0.588. The highest BCUT2D eigenvalue weighted by molar-refractivity contribution is 5.78. The number of β-amino-alcohol motifs (C(OH)–C–C–N with tert-alkyl or cyclic N) is 1. The van der Waals surface area contributed by atoms with Crippen molar-refractivity contribution in [3.8, 4) is 0 Å². The molecule has 0 radical (unpaired) electrons. The minimum absolute atomic E-state index is 0.0156. The first kappa shape index (κ1) is 15.5. The van der Waals surface area contributed by atoms with Crippen molar-refractivity contribution < 1.29 is 15.0 Å². The highest BCUT2D eigenvalue weighted by Crippen LogP contribution is 2.47. The minimum atomic E-state index is -0.441. The van der Waals surface area contributed by atoms with Crippen molar-refractivity contribution in [2.75, 3.05) is 26.2 Å². The van der Waals surface area contributed by atoms with Crippen LogP contribution >= 0.6 is 0 Å². The van der Waals surface area contributed by atoms with Crippen LogP contribution in [0.4, 0.5) is 0 Å². The normalized spacial score (nSPS) is 26.8. The fourth-order valence-corrected chi connectivity index (χ4v) is 3.36. The lowest BCUT2D eigenvalue weighted by Gasteiger charge is -2.23. The van der Waals surface area contributed by atoms with Gasteiger partial charge in [0, 0.05) is 24.5 Å². The number of aliphatic hydroxyl groups is 2. The van der Waals surface area contributed by atoms with E-state index in [1.165, 1.54) is 5.56 Å². The van der Waals surface area contributed by atoms with Gasteiger partial charge in [0.1, 0.15) is 0 Å². The standard InChI is InChI=1S/C17H24N2O3/c20-11-14-8-15(21)9-19(14)10-16(22)18-12-17(6-7-17)13-4-2-1-3-5-13/h1-5,14-15,20-21H,6-12H2,(H,18,22)/t14-,15+/m0/s1. The summed E-state index contributed by atoms with van der Waals surface area (Å²) < 4.78 is 0. The summed E-state index contributed by atoms with van der Waals surface area (Å²) in [5, 5.41) is 22.0. The molecule has 0 unspecified atom stereocenters. The van der Waals surface area contributed by atoms with E-state index in [9.17, 15) is 15.0 Å². The zero-order valence-corrected chi connectivity index (χ0v) is 12.7. The number of nitrogens with zero attached hydrogens (tertiary/aromatic N) is 1. The third kappa shape index (κ3) is 3.32. The molecule has 1 saturated heterocycles. The average molecular weight is 304 g/mol. The summed E-state index contributed by atoms with van der Waals surface area (Å²) in [6.45, 7) is 1.35. The first-order chi connectivity index (χ1) is 10.6. The van der Waals surface area contributed by atoms with Gasteiger partial charge in [-0.1, -0.05) is 30.3 Å². The molecule has 1 aromatic carbocycles. The van der Waals surface area contributed by atoms with Crippen LogP contribution in [-0.4, -0.2) is 59.4 Å². The van der Waals surface area contributed by atoms with E-state index in [0.717, 1.165) is 12.8 Å². The highest BCUT2D eigenvalue weighted by Gasteiger charge is 2.44. The quantitative estimate of drug-likeness (QED) is 0.705. The van der Waals surface area contributed by atoms with Crippen molar-refractivity contribution in [2.24, 2.45) is 0 Å². The van der Waals surface area contributed by atoms with E-state index >= 15 is 0 Å². The molecule has 1 amide bonds. The zero-order valence-electron chi connectivity index (χ0n) is 12.7. The van der Waals surface area contributed by atoms with Gasteiger partial charge >= 0.3 is 0 Å². The Kier molecular flexibility index (Phi) is 4.47. The second-order valence-electron chi connectivity index (χ2n) is 6.58. The summed E-state index contributed by atoms with van der Waals surface area (Å²) in [4.78, 5) is 14.0. The molecule has 1 aliphatic heterocycles. The summed E-state index contributed by atoms with van der Waals surface area (Å²) >= 11 is 0. The number of benzene rings is 1. The van der Waals surface area contributed by atoms with E-state index in [1.807, 2.05) is 23.1 Å². The van der Waals surface area contributed by atoms with Crippen molar-refractivity contribution in [3.63, 3.8) is 0 Å². The molecule has 5 nitrogen and oxygen atoms in total. The third-order valence-corrected chi connectivity index (χ3v) is 4.93. The maximum Gasteiger partial charge on any atom is 0.234 e. The van der Waals surface area contributed by atoms with Crippen LogP contribution in [0.3, 0.4) is 0 Å². The molecular weight excluding hydrogens is 280 g/mol. The van der Waals surface area contributed by atoms with E-state index in [2.05, 4.69) is 17.4 Å². The Bertz CT molecular complexity index is 516. The summed E-state index contributed by atoms with van der Waals surface area (Å²) in [5.41, 5.74) is 1.40. The molecule has 1 aromatic rings. The number of hydrogen-bond acceptors (Lipinski definition) is 4. The molecule has 2 fully saturated rings. The molecule has 120 valence electrons. The fourth-order valence-electron chi connectivity index (χ4n) is 3.36. The van der Waals surface area contributed by atoms with Crippen LogP contribution in [-0.2, 0) is 10.2 Å². The number of nitrogens with one attached hydrogen (secondary N) is 1. The van der Waals surface area contributed by atoms with E-state index in [-0.39, 0.29) is 30.5 Å². The maximum atomic E-state index is 12.2. The summed E-state index contributed by atoms with van der Waals surface area (Å²) in [7, 11) is 0. The van der Waals surface area contributed by atoms with E-state index in [4.69, 9.17) is 0 Å². The first-order valence-corrected chi connectivity index (χ1v) is 7.98. The molecule has 0 bridgehead atoms. The lowest BCUT2D eigenvalue weighted by atomic mass is 9.96. The van der Waals surface area contributed by atoms with Crippen LogP contribution in [0.25, 0.3) is 0 Å². The lowest BCUT2D eigenvalue weighted by Crippen LogP contribution is -2.43. The molecule has 1 heterocycles. The number of hydrogen-bond donors (Lipinski definition) is 3. The second kappa shape index (κ2) is 6.36. The second-order valence-corrected chi connectivity index (χ2v) is 6.58. The SMILES string of the molecule is O=C(CN1C[C@H](O)C[C@H]1CO)NCC1(c2ccccc2)CC1. The van der Waals surface area contributed by atoms with E-state index in [0.29, 0.717) is 19.5 Å². The summed E-state index contributed by atoms with van der Waals surface area (Å²) in [6, 6.07) is 10.2. The van der Waals surface area contributed by atoms with Crippen LogP contribution < -0.4 is 5.32 Å². The molecule has 2 atom stereocenters. The third-order valence-electron chi connectivity index (χ3n) is 4.93. The number of aliphatic hydroxyl groups excluding tert-OH is 2. The van der Waals surface area contributed by atoms with Gasteiger partial charge in [0.25, 0.3) is 0 Å². The van der Waals surface area contributed by atoms with Gasteiger partial charge in [0.05, 0.1) is 19.3 Å². The van der Waals surface area contributed by atoms with Crippen LogP contribution in [0.1, 0.15) is 24.8 Å². The lowest BCUT2D eigenvalue weighted by molar-refractivity contribution is -0.122. The largest absolute Gasteiger partial charge is 0.395 e. The zero-order chi connectivity index (χ0) is 15.6. The molecule has 1 saturated carbocycles.